The van der Waals surface area contributed by atoms with Gasteiger partial charge in [-0.1, -0.05) is 30.3 Å². The van der Waals surface area contributed by atoms with Crippen LogP contribution in [0.15, 0.2) is 48.5 Å². The number of nitrogens with one attached hydrogen (secondary N) is 1. The minimum atomic E-state index is -4.95. The van der Waals surface area contributed by atoms with Gasteiger partial charge in [-0.3, -0.25) is 9.69 Å². The Morgan fingerprint density at radius 2 is 1.64 bits per heavy atom. The molecule has 1 amide bonds. The Kier molecular flexibility index (Phi) is 6.87. The number of benzene rings is 2. The molecule has 4 atom stereocenters. The summed E-state index contributed by atoms with van der Waals surface area (Å²) in [5.41, 5.74) is 2.41. The van der Waals surface area contributed by atoms with Crippen molar-refractivity contribution < 1.29 is 35.9 Å². The highest BCUT2D eigenvalue weighted by Gasteiger charge is 2.52. The molecule has 0 spiro atoms. The van der Waals surface area contributed by atoms with Crippen molar-refractivity contribution in [3.05, 3.63) is 70.8 Å². The summed E-state index contributed by atoms with van der Waals surface area (Å²) in [7, 11) is 0. The van der Waals surface area contributed by atoms with Gasteiger partial charge in [0.15, 0.2) is 0 Å². The van der Waals surface area contributed by atoms with Crippen LogP contribution in [0, 0.1) is 0 Å². The van der Waals surface area contributed by atoms with Crippen molar-refractivity contribution in [1.29, 1.82) is 0 Å². The second-order valence-electron chi connectivity index (χ2n) is 9.58. The Balaban J connectivity index is 1.67. The van der Waals surface area contributed by atoms with Crippen LogP contribution in [0.1, 0.15) is 48.1 Å². The van der Waals surface area contributed by atoms with E-state index in [1.807, 2.05) is 35.2 Å². The fourth-order valence-electron chi connectivity index (χ4n) is 5.13. The molecule has 1 unspecified atom stereocenters. The molecule has 2 aromatic rings. The van der Waals surface area contributed by atoms with E-state index in [-0.39, 0.29) is 37.2 Å². The summed E-state index contributed by atoms with van der Waals surface area (Å²) in [4.78, 5) is 14.5. The van der Waals surface area contributed by atoms with Crippen molar-refractivity contribution in [2.24, 2.45) is 5.73 Å². The summed E-state index contributed by atoms with van der Waals surface area (Å²) in [5.74, 6) is -0.201. The normalized spacial score (nSPS) is 27.4. The Labute approximate surface area is 204 Å². The Morgan fingerprint density at radius 3 is 2.19 bits per heavy atom. The first-order valence-electron chi connectivity index (χ1n) is 11.5. The zero-order chi connectivity index (χ0) is 26.4. The van der Waals surface area contributed by atoms with E-state index in [2.05, 4.69) is 5.32 Å². The van der Waals surface area contributed by atoms with Crippen molar-refractivity contribution in [2.75, 3.05) is 26.2 Å². The maximum absolute atomic E-state index is 13.3. The molecule has 2 aliphatic rings. The van der Waals surface area contributed by atoms with E-state index in [1.165, 1.54) is 6.92 Å². The van der Waals surface area contributed by atoms with Crippen molar-refractivity contribution in [2.45, 2.75) is 49.3 Å². The fraction of sp³-hybridized carbons (Fsp3) is 0.480. The summed E-state index contributed by atoms with van der Waals surface area (Å²) in [6, 6.07) is 10.7. The molecule has 0 radical (unpaired) electrons. The van der Waals surface area contributed by atoms with E-state index in [9.17, 15) is 31.1 Å². The number of carbonyl (C=O) groups is 1. The van der Waals surface area contributed by atoms with Gasteiger partial charge in [-0.05, 0) is 49.1 Å². The largest absolute Gasteiger partial charge is 0.416 e. The van der Waals surface area contributed by atoms with Gasteiger partial charge in [0.05, 0.1) is 41.5 Å². The lowest BCUT2D eigenvalue weighted by Gasteiger charge is -2.56. The number of hydrogen-bond acceptors (Lipinski definition) is 4. The van der Waals surface area contributed by atoms with E-state index in [4.69, 9.17) is 10.5 Å². The summed E-state index contributed by atoms with van der Waals surface area (Å²) in [5, 5.41) is 2.97. The molecule has 0 aromatic heterocycles. The van der Waals surface area contributed by atoms with Gasteiger partial charge in [-0.25, -0.2) is 0 Å². The monoisotopic (exact) mass is 515 g/mol. The van der Waals surface area contributed by atoms with Gasteiger partial charge in [0.25, 0.3) is 0 Å². The van der Waals surface area contributed by atoms with Crippen molar-refractivity contribution in [3.63, 3.8) is 0 Å². The lowest BCUT2D eigenvalue weighted by atomic mass is 9.73. The van der Waals surface area contributed by atoms with E-state index in [1.54, 1.807) is 0 Å². The molecule has 0 aliphatic carbocycles. The van der Waals surface area contributed by atoms with Gasteiger partial charge in [-0.15, -0.1) is 0 Å². The number of carbonyl (C=O) groups excluding carboxylic acids is 1. The summed E-state index contributed by atoms with van der Waals surface area (Å²) >= 11 is 0. The second kappa shape index (κ2) is 9.35. The zero-order valence-electron chi connectivity index (χ0n) is 19.5. The molecular weight excluding hydrogens is 488 g/mol. The predicted octanol–water partition coefficient (Wildman–Crippen LogP) is 4.62. The van der Waals surface area contributed by atoms with Crippen molar-refractivity contribution >= 4 is 5.91 Å². The molecule has 2 fully saturated rings. The minimum absolute atomic E-state index is 0.0380. The third-order valence-electron chi connectivity index (χ3n) is 7.21. The van der Waals surface area contributed by atoms with Crippen LogP contribution in [0.25, 0.3) is 0 Å². The highest BCUT2D eigenvalue weighted by atomic mass is 19.4. The molecule has 2 aromatic carbocycles. The quantitative estimate of drug-likeness (QED) is 0.551. The average Bonchev–Trinajstić information content (AvgIpc) is 2.82. The van der Waals surface area contributed by atoms with Crippen LogP contribution in [-0.2, 0) is 27.4 Å². The number of ether oxygens (including phenoxy) is 1. The molecule has 5 nitrogen and oxygen atoms in total. The van der Waals surface area contributed by atoms with Gasteiger partial charge < -0.3 is 15.8 Å². The third-order valence-corrected chi connectivity index (χ3v) is 7.21. The van der Waals surface area contributed by atoms with Crippen molar-refractivity contribution in [3.8, 4) is 0 Å². The second-order valence-corrected chi connectivity index (χ2v) is 9.58. The maximum Gasteiger partial charge on any atom is 0.416 e. The molecule has 36 heavy (non-hydrogen) atoms. The van der Waals surface area contributed by atoms with Crippen LogP contribution in [0.2, 0.25) is 0 Å². The van der Waals surface area contributed by atoms with E-state index >= 15 is 0 Å². The number of fused-ring (bicyclic) bond motifs is 2. The van der Waals surface area contributed by atoms with E-state index < -0.39 is 40.7 Å². The average molecular weight is 515 g/mol. The Bertz CT molecular complexity index is 1070. The summed E-state index contributed by atoms with van der Waals surface area (Å²) in [6.45, 7) is 2.13. The SMILES string of the molecule is C[C@@H](OC[C@@]1(c2ccccc2)CC[C@]2(CN)CN1CC(=O)N2)c1cc(C(F)(F)F)cc(C(F)(F)F)c1. The van der Waals surface area contributed by atoms with Crippen LogP contribution in [0.5, 0.6) is 0 Å². The minimum Gasteiger partial charge on any atom is -0.372 e. The zero-order valence-corrected chi connectivity index (χ0v) is 19.5. The predicted molar refractivity (Wildman–Crippen MR) is 120 cm³/mol. The van der Waals surface area contributed by atoms with Crippen LogP contribution in [0.4, 0.5) is 26.3 Å². The number of piperazine rings is 1. The highest BCUT2D eigenvalue weighted by Crippen LogP contribution is 2.44. The molecule has 2 aliphatic heterocycles. The summed E-state index contributed by atoms with van der Waals surface area (Å²) < 4.78 is 86.1. The number of nitrogens with zero attached hydrogens (tertiary/aromatic N) is 1. The maximum atomic E-state index is 13.3. The molecule has 11 heteroatoms. The first-order chi connectivity index (χ1) is 16.8. The van der Waals surface area contributed by atoms with Gasteiger partial charge in [0, 0.05) is 13.1 Å². The Hall–Kier alpha value is -2.63. The molecular formula is C25H27F6N3O2. The van der Waals surface area contributed by atoms with Crippen LogP contribution in [-0.4, -0.2) is 42.6 Å². The molecule has 2 saturated heterocycles. The highest BCUT2D eigenvalue weighted by molar-refractivity contribution is 5.80. The Morgan fingerprint density at radius 1 is 1.03 bits per heavy atom. The first-order valence-corrected chi connectivity index (χ1v) is 11.5. The molecule has 4 rings (SSSR count). The third kappa shape index (κ3) is 5.09. The van der Waals surface area contributed by atoms with Crippen LogP contribution in [0.3, 0.4) is 0 Å². The van der Waals surface area contributed by atoms with Crippen LogP contribution < -0.4 is 11.1 Å². The number of piperidine rings is 1. The number of amides is 1. The molecule has 0 saturated carbocycles. The molecule has 2 heterocycles. The number of alkyl halides is 6. The molecule has 2 bridgehead atoms. The van der Waals surface area contributed by atoms with Crippen molar-refractivity contribution in [1.82, 2.24) is 10.2 Å². The number of nitrogens with two attached hydrogens (primary N) is 1. The lowest BCUT2D eigenvalue weighted by Crippen LogP contribution is -2.73. The van der Waals surface area contributed by atoms with Gasteiger partial charge in [0.1, 0.15) is 0 Å². The number of rotatable bonds is 6. The summed E-state index contributed by atoms with van der Waals surface area (Å²) in [6.07, 6.45) is -9.90. The lowest BCUT2D eigenvalue weighted by molar-refractivity contribution is -0.143. The molecule has 196 valence electrons. The van der Waals surface area contributed by atoms with E-state index in [0.717, 1.165) is 5.56 Å². The number of hydrogen-bond donors (Lipinski definition) is 2. The van der Waals surface area contributed by atoms with Gasteiger partial charge in [-0.2, -0.15) is 26.3 Å². The smallest absolute Gasteiger partial charge is 0.372 e. The fourth-order valence-corrected chi connectivity index (χ4v) is 5.13. The standard InChI is InChI=1S/C25H27F6N3O2/c1-16(17-9-19(24(26,27)28)11-20(10-17)25(29,30)31)36-15-23(18-5-3-2-4-6-18)8-7-22(13-32)14-34(23)12-21(35)33-22/h2-6,9-11,16H,7-8,12-15,32H2,1H3,(H,33,35)/t16-,22+,23-/m1/s1. The van der Waals surface area contributed by atoms with Gasteiger partial charge >= 0.3 is 12.4 Å². The van der Waals surface area contributed by atoms with Gasteiger partial charge in [0.2, 0.25) is 5.91 Å². The topological polar surface area (TPSA) is 67.6 Å². The number of halogens is 6. The molecule has 3 N–H and O–H groups in total. The first kappa shape index (κ1) is 26.4. The van der Waals surface area contributed by atoms with E-state index in [0.29, 0.717) is 31.5 Å². The van der Waals surface area contributed by atoms with Crippen LogP contribution >= 0.6 is 0 Å².